The topological polar surface area (TPSA) is 61.8 Å². The Morgan fingerprint density at radius 2 is 1.67 bits per heavy atom. The van der Waals surface area contributed by atoms with Crippen molar-refractivity contribution in [3.8, 4) is 0 Å². The number of ether oxygens (including phenoxy) is 1. The number of fused-ring (bicyclic) bond motifs is 2. The van der Waals surface area contributed by atoms with E-state index in [1.54, 1.807) is 16.7 Å². The lowest BCUT2D eigenvalue weighted by molar-refractivity contribution is 0.0941. The van der Waals surface area contributed by atoms with Gasteiger partial charge in [-0.25, -0.2) is 14.8 Å². The van der Waals surface area contributed by atoms with Gasteiger partial charge in [-0.1, -0.05) is 72.4 Å². The fraction of sp³-hybridized carbons (Fsp3) is 0.323. The highest BCUT2D eigenvalue weighted by atomic mass is 32.2. The molecule has 7 nitrogen and oxygen atoms in total. The molecule has 3 heterocycles. The van der Waals surface area contributed by atoms with E-state index < -0.39 is 0 Å². The van der Waals surface area contributed by atoms with Gasteiger partial charge in [0.25, 0.3) is 0 Å². The van der Waals surface area contributed by atoms with E-state index in [4.69, 9.17) is 14.7 Å². The number of carbonyl (C=O) groups is 1. The molecule has 0 unspecified atom stereocenters. The van der Waals surface area contributed by atoms with Gasteiger partial charge in [-0.2, -0.15) is 0 Å². The van der Waals surface area contributed by atoms with Crippen molar-refractivity contribution in [2.75, 3.05) is 48.8 Å². The number of hydrogen-bond acceptors (Lipinski definition) is 7. The summed E-state index contributed by atoms with van der Waals surface area (Å²) >= 11 is 1.58. The van der Waals surface area contributed by atoms with Crippen LogP contribution in [0.1, 0.15) is 22.4 Å². The molecule has 1 fully saturated rings. The van der Waals surface area contributed by atoms with Crippen molar-refractivity contribution in [3.05, 3.63) is 89.1 Å². The molecule has 0 spiro atoms. The molecule has 1 aromatic heterocycles. The zero-order valence-corrected chi connectivity index (χ0v) is 23.3. The lowest BCUT2D eigenvalue weighted by Gasteiger charge is -2.38. The van der Waals surface area contributed by atoms with Crippen LogP contribution in [0, 0.1) is 6.92 Å². The highest BCUT2D eigenvalue weighted by molar-refractivity contribution is 7.98. The number of aryl methyl sites for hydroxylation is 1. The van der Waals surface area contributed by atoms with E-state index in [1.807, 2.05) is 36.6 Å². The van der Waals surface area contributed by atoms with Gasteiger partial charge in [0.05, 0.1) is 12.2 Å². The third-order valence-corrected chi connectivity index (χ3v) is 8.23. The number of hydrogen-bond donors (Lipinski definition) is 0. The number of piperazine rings is 1. The molecule has 0 N–H and O–H groups in total. The van der Waals surface area contributed by atoms with E-state index in [0.717, 1.165) is 54.8 Å². The predicted molar refractivity (Wildman–Crippen MR) is 158 cm³/mol. The Labute approximate surface area is 233 Å². The van der Waals surface area contributed by atoms with Crippen molar-refractivity contribution in [2.24, 2.45) is 0 Å². The molecule has 3 aromatic carbocycles. The van der Waals surface area contributed by atoms with Gasteiger partial charge in [0.2, 0.25) is 0 Å². The number of thioether (sulfide) groups is 1. The van der Waals surface area contributed by atoms with E-state index in [0.29, 0.717) is 19.7 Å². The van der Waals surface area contributed by atoms with Crippen molar-refractivity contribution in [1.82, 2.24) is 14.9 Å². The molecule has 2 aliphatic heterocycles. The molecule has 1 amide bonds. The lowest BCUT2D eigenvalue weighted by Crippen LogP contribution is -2.49. The minimum Gasteiger partial charge on any atom is -0.445 e. The van der Waals surface area contributed by atoms with Crippen molar-refractivity contribution in [1.29, 1.82) is 0 Å². The number of benzene rings is 3. The molecule has 2 aliphatic rings. The van der Waals surface area contributed by atoms with E-state index in [2.05, 4.69) is 53.1 Å². The first-order chi connectivity index (χ1) is 19.1. The normalized spacial score (nSPS) is 15.4. The van der Waals surface area contributed by atoms with Gasteiger partial charge in [0.15, 0.2) is 5.16 Å². The van der Waals surface area contributed by atoms with Crippen LogP contribution in [0.15, 0.2) is 71.9 Å². The number of anilines is 2. The Kier molecular flexibility index (Phi) is 7.28. The van der Waals surface area contributed by atoms with Crippen LogP contribution in [0.2, 0.25) is 0 Å². The quantitative estimate of drug-likeness (QED) is 0.239. The summed E-state index contributed by atoms with van der Waals surface area (Å²) in [5, 5.41) is 3.38. The second-order valence-electron chi connectivity index (χ2n) is 10.1. The van der Waals surface area contributed by atoms with Gasteiger partial charge in [0.1, 0.15) is 12.4 Å². The molecule has 0 bridgehead atoms. The zero-order valence-electron chi connectivity index (χ0n) is 22.5. The fourth-order valence-electron chi connectivity index (χ4n) is 5.63. The molecule has 200 valence electrons. The third kappa shape index (κ3) is 5.26. The van der Waals surface area contributed by atoms with Crippen LogP contribution in [0.5, 0.6) is 0 Å². The minimum absolute atomic E-state index is 0.256. The summed E-state index contributed by atoms with van der Waals surface area (Å²) in [6, 6.07) is 22.9. The summed E-state index contributed by atoms with van der Waals surface area (Å²) in [6.07, 6.45) is 2.66. The Hall–Kier alpha value is -3.78. The first-order valence-electron chi connectivity index (χ1n) is 13.5. The zero-order chi connectivity index (χ0) is 26.8. The average Bonchev–Trinajstić information content (AvgIpc) is 2.99. The summed E-state index contributed by atoms with van der Waals surface area (Å²) in [7, 11) is 0. The van der Waals surface area contributed by atoms with Crippen molar-refractivity contribution in [2.45, 2.75) is 31.7 Å². The Bertz CT molecular complexity index is 1480. The molecular formula is C31H33N5O2S. The van der Waals surface area contributed by atoms with E-state index in [1.165, 1.54) is 27.6 Å². The molecule has 6 rings (SSSR count). The molecule has 4 aromatic rings. The summed E-state index contributed by atoms with van der Waals surface area (Å²) < 4.78 is 5.56. The summed E-state index contributed by atoms with van der Waals surface area (Å²) in [5.74, 6) is 1.02. The van der Waals surface area contributed by atoms with Gasteiger partial charge in [-0.3, -0.25) is 0 Å². The van der Waals surface area contributed by atoms with Crippen LogP contribution in [0.4, 0.5) is 16.3 Å². The first-order valence-corrected chi connectivity index (χ1v) is 14.7. The smallest absolute Gasteiger partial charge is 0.410 e. The van der Waals surface area contributed by atoms with Crippen LogP contribution in [0.3, 0.4) is 0 Å². The van der Waals surface area contributed by atoms with Crippen molar-refractivity contribution >= 4 is 40.1 Å². The van der Waals surface area contributed by atoms with E-state index in [9.17, 15) is 4.79 Å². The first kappa shape index (κ1) is 25.5. The number of aromatic nitrogens is 2. The molecule has 39 heavy (non-hydrogen) atoms. The van der Waals surface area contributed by atoms with E-state index in [-0.39, 0.29) is 6.09 Å². The number of nitrogens with zero attached hydrogens (tertiary/aromatic N) is 5. The van der Waals surface area contributed by atoms with Crippen LogP contribution < -0.4 is 9.80 Å². The maximum absolute atomic E-state index is 12.7. The standard InChI is InChI=1S/C31H33N5O2S/c1-22-8-6-11-24-12-7-13-27(28(22)24)36-15-14-25-26(20-36)32-30(39-2)33-29(25)34-16-18-35(19-17-34)31(37)38-21-23-9-4-3-5-10-23/h3-13H,14-21H2,1-2H3. The molecule has 0 saturated carbocycles. The molecule has 1 saturated heterocycles. The largest absolute Gasteiger partial charge is 0.445 e. The van der Waals surface area contributed by atoms with Crippen LogP contribution >= 0.6 is 11.8 Å². The lowest BCUT2D eigenvalue weighted by atomic mass is 9.99. The molecule has 0 radical (unpaired) electrons. The minimum atomic E-state index is -0.256. The Morgan fingerprint density at radius 3 is 2.44 bits per heavy atom. The van der Waals surface area contributed by atoms with Crippen molar-refractivity contribution < 1.29 is 9.53 Å². The summed E-state index contributed by atoms with van der Waals surface area (Å²) in [5.41, 5.74) is 5.90. The fourth-order valence-corrected chi connectivity index (χ4v) is 6.01. The highest BCUT2D eigenvalue weighted by Gasteiger charge is 2.29. The second kappa shape index (κ2) is 11.1. The molecule has 0 aliphatic carbocycles. The van der Waals surface area contributed by atoms with Gasteiger partial charge in [-0.05, 0) is 42.2 Å². The monoisotopic (exact) mass is 539 g/mol. The van der Waals surface area contributed by atoms with Gasteiger partial charge >= 0.3 is 6.09 Å². The van der Waals surface area contributed by atoms with Crippen LogP contribution in [0.25, 0.3) is 10.8 Å². The van der Waals surface area contributed by atoms with Gasteiger partial charge in [0, 0.05) is 49.4 Å². The van der Waals surface area contributed by atoms with Crippen LogP contribution in [-0.4, -0.2) is 59.9 Å². The van der Waals surface area contributed by atoms with Crippen molar-refractivity contribution in [3.63, 3.8) is 0 Å². The second-order valence-corrected chi connectivity index (χ2v) is 10.9. The molecular weight excluding hydrogens is 506 g/mol. The number of amides is 1. The maximum Gasteiger partial charge on any atom is 0.410 e. The maximum atomic E-state index is 12.7. The molecule has 0 atom stereocenters. The highest BCUT2D eigenvalue weighted by Crippen LogP contribution is 2.35. The number of carbonyl (C=O) groups excluding carboxylic acids is 1. The van der Waals surface area contributed by atoms with Gasteiger partial charge < -0.3 is 19.4 Å². The third-order valence-electron chi connectivity index (χ3n) is 7.68. The average molecular weight is 540 g/mol. The SMILES string of the molecule is CSc1nc2c(c(N3CCN(C(=O)OCc4ccccc4)CC3)n1)CCN(c1cccc3cccc(C)c13)C2. The van der Waals surface area contributed by atoms with E-state index >= 15 is 0 Å². The number of rotatable bonds is 5. The summed E-state index contributed by atoms with van der Waals surface area (Å²) in [6.45, 7) is 6.84. The predicted octanol–water partition coefficient (Wildman–Crippen LogP) is 5.68. The Balaban J connectivity index is 1.18. The molecule has 8 heteroatoms. The summed E-state index contributed by atoms with van der Waals surface area (Å²) in [4.78, 5) is 29.2. The Morgan fingerprint density at radius 1 is 0.897 bits per heavy atom. The van der Waals surface area contributed by atoms with Gasteiger partial charge in [-0.15, -0.1) is 0 Å². The van der Waals surface area contributed by atoms with Crippen LogP contribution in [-0.2, 0) is 24.3 Å².